The SMILES string of the molecule is CC(C)[C@@H](O)[C@@H]1C[C@@H]1[Si](C)(C)C. The van der Waals surface area contributed by atoms with Gasteiger partial charge in [0.15, 0.2) is 0 Å². The van der Waals surface area contributed by atoms with E-state index in [0.717, 1.165) is 5.54 Å². The molecule has 0 unspecified atom stereocenters. The molecule has 0 bridgehead atoms. The molecule has 0 amide bonds. The van der Waals surface area contributed by atoms with Gasteiger partial charge in [0.2, 0.25) is 0 Å². The van der Waals surface area contributed by atoms with Crippen molar-refractivity contribution in [3.05, 3.63) is 0 Å². The molecule has 1 saturated carbocycles. The van der Waals surface area contributed by atoms with Crippen LogP contribution in [-0.4, -0.2) is 19.3 Å². The molecule has 1 aliphatic rings. The summed E-state index contributed by atoms with van der Waals surface area (Å²) in [5.74, 6) is 1.08. The highest BCUT2D eigenvalue weighted by atomic mass is 28.3. The third-order valence-corrected chi connectivity index (χ3v) is 5.96. The van der Waals surface area contributed by atoms with Crippen LogP contribution in [0, 0.1) is 11.8 Å². The third kappa shape index (κ3) is 2.11. The van der Waals surface area contributed by atoms with Crippen LogP contribution in [0.4, 0.5) is 0 Å². The molecule has 0 saturated heterocycles. The fraction of sp³-hybridized carbons (Fsp3) is 1.00. The van der Waals surface area contributed by atoms with Gasteiger partial charge >= 0.3 is 0 Å². The van der Waals surface area contributed by atoms with E-state index in [0.29, 0.717) is 11.8 Å². The Bertz CT molecular complexity index is 160. The van der Waals surface area contributed by atoms with Gasteiger partial charge in [-0.15, -0.1) is 0 Å². The molecular weight excluding hydrogens is 164 g/mol. The average molecular weight is 186 g/mol. The van der Waals surface area contributed by atoms with E-state index < -0.39 is 8.07 Å². The summed E-state index contributed by atoms with van der Waals surface area (Å²) in [5.41, 5.74) is 0.884. The normalized spacial score (nSPS) is 32.2. The average Bonchev–Trinajstić information content (AvgIpc) is 2.61. The minimum atomic E-state index is -0.955. The van der Waals surface area contributed by atoms with Crippen LogP contribution in [0.3, 0.4) is 0 Å². The molecule has 0 spiro atoms. The van der Waals surface area contributed by atoms with Crippen LogP contribution in [0.25, 0.3) is 0 Å². The Kier molecular flexibility index (Phi) is 2.69. The fourth-order valence-corrected chi connectivity index (χ4v) is 4.54. The van der Waals surface area contributed by atoms with E-state index >= 15 is 0 Å². The minimum Gasteiger partial charge on any atom is -0.393 e. The van der Waals surface area contributed by atoms with Gasteiger partial charge in [0.25, 0.3) is 0 Å². The van der Waals surface area contributed by atoms with E-state index in [4.69, 9.17) is 0 Å². The summed E-state index contributed by atoms with van der Waals surface area (Å²) in [6.45, 7) is 11.5. The maximum atomic E-state index is 9.82. The summed E-state index contributed by atoms with van der Waals surface area (Å²) in [5, 5.41) is 9.82. The quantitative estimate of drug-likeness (QED) is 0.672. The predicted molar refractivity (Wildman–Crippen MR) is 56.0 cm³/mol. The zero-order chi connectivity index (χ0) is 9.52. The Morgan fingerprint density at radius 2 is 1.75 bits per heavy atom. The number of aliphatic hydroxyl groups excluding tert-OH is 1. The lowest BCUT2D eigenvalue weighted by atomic mass is 10.0. The van der Waals surface area contributed by atoms with Crippen LogP contribution in [0.15, 0.2) is 0 Å². The first kappa shape index (κ1) is 10.3. The zero-order valence-electron chi connectivity index (χ0n) is 8.96. The van der Waals surface area contributed by atoms with Crippen molar-refractivity contribution in [2.45, 2.75) is 51.6 Å². The lowest BCUT2D eigenvalue weighted by Crippen LogP contribution is -2.25. The maximum absolute atomic E-state index is 9.82. The number of aliphatic hydroxyl groups is 1. The van der Waals surface area contributed by atoms with E-state index in [1.165, 1.54) is 6.42 Å². The molecule has 1 aliphatic carbocycles. The van der Waals surface area contributed by atoms with Gasteiger partial charge in [0.1, 0.15) is 0 Å². The zero-order valence-corrected chi connectivity index (χ0v) is 9.96. The molecule has 1 fully saturated rings. The summed E-state index contributed by atoms with van der Waals surface area (Å²) >= 11 is 0. The molecule has 0 aromatic rings. The van der Waals surface area contributed by atoms with Crippen LogP contribution in [-0.2, 0) is 0 Å². The number of hydrogen-bond acceptors (Lipinski definition) is 1. The first-order valence-electron chi connectivity index (χ1n) is 5.02. The van der Waals surface area contributed by atoms with Gasteiger partial charge in [-0.3, -0.25) is 0 Å². The van der Waals surface area contributed by atoms with Crippen LogP contribution in [0.5, 0.6) is 0 Å². The largest absolute Gasteiger partial charge is 0.393 e. The highest BCUT2D eigenvalue weighted by Gasteiger charge is 2.49. The molecule has 0 heterocycles. The van der Waals surface area contributed by atoms with Crippen LogP contribution in [0.1, 0.15) is 20.3 Å². The second-order valence-corrected chi connectivity index (χ2v) is 11.1. The maximum Gasteiger partial charge on any atom is 0.0591 e. The van der Waals surface area contributed by atoms with Crippen molar-refractivity contribution in [1.29, 1.82) is 0 Å². The summed E-state index contributed by atoms with van der Waals surface area (Å²) in [7, 11) is -0.955. The molecule has 0 aliphatic heterocycles. The molecule has 2 heteroatoms. The van der Waals surface area contributed by atoms with Crippen LogP contribution < -0.4 is 0 Å². The molecule has 0 aromatic heterocycles. The van der Waals surface area contributed by atoms with Crippen molar-refractivity contribution in [1.82, 2.24) is 0 Å². The molecule has 0 radical (unpaired) electrons. The predicted octanol–water partition coefficient (Wildman–Crippen LogP) is 2.73. The van der Waals surface area contributed by atoms with E-state index in [2.05, 4.69) is 33.5 Å². The summed E-state index contributed by atoms with van der Waals surface area (Å²) < 4.78 is 0. The first-order valence-corrected chi connectivity index (χ1v) is 8.60. The van der Waals surface area contributed by atoms with E-state index in [9.17, 15) is 5.11 Å². The second kappa shape index (κ2) is 3.15. The van der Waals surface area contributed by atoms with E-state index in [1.807, 2.05) is 0 Å². The lowest BCUT2D eigenvalue weighted by molar-refractivity contribution is 0.103. The van der Waals surface area contributed by atoms with Crippen molar-refractivity contribution in [2.75, 3.05) is 0 Å². The van der Waals surface area contributed by atoms with Crippen molar-refractivity contribution in [3.63, 3.8) is 0 Å². The monoisotopic (exact) mass is 186 g/mol. The second-order valence-electron chi connectivity index (χ2n) is 5.61. The topological polar surface area (TPSA) is 20.2 Å². The Labute approximate surface area is 77.2 Å². The molecule has 12 heavy (non-hydrogen) atoms. The van der Waals surface area contributed by atoms with Crippen molar-refractivity contribution >= 4 is 8.07 Å². The summed E-state index contributed by atoms with van der Waals surface area (Å²) in [6, 6.07) is 0. The van der Waals surface area contributed by atoms with E-state index in [-0.39, 0.29) is 6.10 Å². The first-order chi connectivity index (χ1) is 5.34. The molecule has 3 atom stereocenters. The van der Waals surface area contributed by atoms with Crippen molar-refractivity contribution in [3.8, 4) is 0 Å². The Hall–Kier alpha value is 0.177. The Morgan fingerprint density at radius 3 is 2.00 bits per heavy atom. The minimum absolute atomic E-state index is 0.0401. The number of rotatable bonds is 3. The van der Waals surface area contributed by atoms with Gasteiger partial charge in [-0.25, -0.2) is 0 Å². The van der Waals surface area contributed by atoms with Gasteiger partial charge in [-0.2, -0.15) is 0 Å². The van der Waals surface area contributed by atoms with Gasteiger partial charge in [-0.05, 0) is 23.8 Å². The van der Waals surface area contributed by atoms with Gasteiger partial charge in [0.05, 0.1) is 6.10 Å². The van der Waals surface area contributed by atoms with Gasteiger partial charge in [0, 0.05) is 8.07 Å². The van der Waals surface area contributed by atoms with Gasteiger partial charge in [-0.1, -0.05) is 33.5 Å². The standard InChI is InChI=1S/C10H22OSi/c1-7(2)10(11)8-6-9(8)12(3,4)5/h7-11H,6H2,1-5H3/t8-,9+,10-/m1/s1. The van der Waals surface area contributed by atoms with E-state index in [1.54, 1.807) is 0 Å². The lowest BCUT2D eigenvalue weighted by Gasteiger charge is -2.19. The molecule has 72 valence electrons. The highest BCUT2D eigenvalue weighted by Crippen LogP contribution is 2.54. The van der Waals surface area contributed by atoms with Gasteiger partial charge < -0.3 is 5.11 Å². The Balaban J connectivity index is 2.42. The molecule has 1 N–H and O–H groups in total. The fourth-order valence-electron chi connectivity index (χ4n) is 2.08. The number of hydrogen-bond donors (Lipinski definition) is 1. The summed E-state index contributed by atoms with van der Waals surface area (Å²) in [6.07, 6.45) is 1.25. The smallest absolute Gasteiger partial charge is 0.0591 e. The molecule has 0 aromatic carbocycles. The van der Waals surface area contributed by atoms with Crippen molar-refractivity contribution in [2.24, 2.45) is 11.8 Å². The van der Waals surface area contributed by atoms with Crippen LogP contribution in [0.2, 0.25) is 25.2 Å². The molecule has 1 nitrogen and oxygen atoms in total. The Morgan fingerprint density at radius 1 is 1.25 bits per heavy atom. The van der Waals surface area contributed by atoms with Crippen LogP contribution >= 0.6 is 0 Å². The summed E-state index contributed by atoms with van der Waals surface area (Å²) in [4.78, 5) is 0. The molecular formula is C10H22OSi. The molecule has 1 rings (SSSR count). The third-order valence-electron chi connectivity index (χ3n) is 3.07. The highest BCUT2D eigenvalue weighted by molar-refractivity contribution is 6.78. The van der Waals surface area contributed by atoms with Crippen molar-refractivity contribution < 1.29 is 5.11 Å².